The van der Waals surface area contributed by atoms with E-state index in [9.17, 15) is 14.4 Å². The van der Waals surface area contributed by atoms with E-state index in [-0.39, 0.29) is 23.7 Å². The van der Waals surface area contributed by atoms with Crippen LogP contribution in [-0.2, 0) is 14.3 Å². The van der Waals surface area contributed by atoms with Gasteiger partial charge in [0.15, 0.2) is 0 Å². The maximum atomic E-state index is 13.1. The smallest absolute Gasteiger partial charge is 0.310 e. The van der Waals surface area contributed by atoms with Gasteiger partial charge in [-0.25, -0.2) is 0 Å². The van der Waals surface area contributed by atoms with Crippen LogP contribution in [0.4, 0.5) is 5.69 Å². The molecule has 0 radical (unpaired) electrons. The molecule has 0 unspecified atom stereocenters. The van der Waals surface area contributed by atoms with Crippen molar-refractivity contribution in [1.29, 1.82) is 0 Å². The standard InChI is InChI=1S/C25H26N2O4S/c1-3-31-25(30)19-5-4-12-27(15-19)24(29)18-10-11-21-20(14-18)26-23(28)22(32-21)13-17-8-6-16(2)7-9-17/h6-11,13-14,19H,3-5,12,15H2,1-2H3,(H,26,28)/b22-13+/t19-/m0/s1. The summed E-state index contributed by atoms with van der Waals surface area (Å²) in [5, 5.41) is 2.91. The number of carbonyl (C=O) groups excluding carboxylic acids is 3. The lowest BCUT2D eigenvalue weighted by Gasteiger charge is -2.32. The number of hydrogen-bond donors (Lipinski definition) is 1. The van der Waals surface area contributed by atoms with E-state index in [0.717, 1.165) is 28.9 Å². The summed E-state index contributed by atoms with van der Waals surface area (Å²) in [6.45, 7) is 5.11. The summed E-state index contributed by atoms with van der Waals surface area (Å²) in [6.07, 6.45) is 3.36. The second kappa shape index (κ2) is 9.61. The number of rotatable bonds is 4. The zero-order chi connectivity index (χ0) is 22.7. The second-order valence-corrected chi connectivity index (χ2v) is 9.11. The van der Waals surface area contributed by atoms with Crippen molar-refractivity contribution >= 4 is 41.3 Å². The third-order valence-electron chi connectivity index (χ3n) is 5.62. The van der Waals surface area contributed by atoms with Gasteiger partial charge in [0.05, 0.1) is 23.1 Å². The Morgan fingerprint density at radius 2 is 2.00 bits per heavy atom. The highest BCUT2D eigenvalue weighted by atomic mass is 32.2. The Hall–Kier alpha value is -3.06. The van der Waals surface area contributed by atoms with Gasteiger partial charge in [-0.3, -0.25) is 14.4 Å². The number of carbonyl (C=O) groups is 3. The first-order chi connectivity index (χ1) is 15.4. The van der Waals surface area contributed by atoms with Crippen molar-refractivity contribution < 1.29 is 19.1 Å². The molecule has 0 bridgehead atoms. The van der Waals surface area contributed by atoms with Gasteiger partial charge >= 0.3 is 5.97 Å². The van der Waals surface area contributed by atoms with Gasteiger partial charge in [-0.05, 0) is 56.5 Å². The Morgan fingerprint density at radius 1 is 1.22 bits per heavy atom. The largest absolute Gasteiger partial charge is 0.466 e. The molecule has 1 N–H and O–H groups in total. The zero-order valence-corrected chi connectivity index (χ0v) is 19.0. The average Bonchev–Trinajstić information content (AvgIpc) is 2.80. The molecule has 7 heteroatoms. The molecule has 6 nitrogen and oxygen atoms in total. The van der Waals surface area contributed by atoms with Crippen molar-refractivity contribution in [1.82, 2.24) is 4.90 Å². The van der Waals surface area contributed by atoms with Crippen LogP contribution in [0.5, 0.6) is 0 Å². The monoisotopic (exact) mass is 450 g/mol. The summed E-state index contributed by atoms with van der Waals surface area (Å²) in [5.41, 5.74) is 3.26. The molecule has 1 saturated heterocycles. The van der Waals surface area contributed by atoms with Crippen LogP contribution >= 0.6 is 11.8 Å². The summed E-state index contributed by atoms with van der Waals surface area (Å²) >= 11 is 1.39. The Bertz CT molecular complexity index is 1080. The van der Waals surface area contributed by atoms with E-state index in [4.69, 9.17) is 4.74 Å². The summed E-state index contributed by atoms with van der Waals surface area (Å²) < 4.78 is 5.13. The van der Waals surface area contributed by atoms with Crippen molar-refractivity contribution in [3.63, 3.8) is 0 Å². The zero-order valence-electron chi connectivity index (χ0n) is 18.2. The fraction of sp³-hybridized carbons (Fsp3) is 0.320. The number of fused-ring (bicyclic) bond motifs is 1. The molecule has 2 aromatic rings. The minimum atomic E-state index is -0.282. The maximum absolute atomic E-state index is 13.1. The van der Waals surface area contributed by atoms with Crippen LogP contribution in [-0.4, -0.2) is 42.4 Å². The Morgan fingerprint density at radius 3 is 2.75 bits per heavy atom. The first-order valence-corrected chi connectivity index (χ1v) is 11.6. The normalized spacial score (nSPS) is 19.3. The molecule has 2 aliphatic heterocycles. The fourth-order valence-electron chi connectivity index (χ4n) is 3.90. The van der Waals surface area contributed by atoms with E-state index in [0.29, 0.717) is 35.9 Å². The molecule has 2 heterocycles. The Kier molecular flexibility index (Phi) is 6.65. The van der Waals surface area contributed by atoms with Gasteiger partial charge in [0.2, 0.25) is 0 Å². The SMILES string of the molecule is CCOC(=O)[C@H]1CCCN(C(=O)c2ccc3c(c2)NC(=O)/C(=C\c2ccc(C)cc2)S3)C1. The molecule has 2 amide bonds. The highest BCUT2D eigenvalue weighted by Gasteiger charge is 2.30. The van der Waals surface area contributed by atoms with Crippen molar-refractivity contribution in [2.45, 2.75) is 31.6 Å². The van der Waals surface area contributed by atoms with E-state index < -0.39 is 0 Å². The van der Waals surface area contributed by atoms with Crippen molar-refractivity contribution in [3.8, 4) is 0 Å². The van der Waals surface area contributed by atoms with Gasteiger partial charge in [0, 0.05) is 23.5 Å². The topological polar surface area (TPSA) is 75.7 Å². The summed E-state index contributed by atoms with van der Waals surface area (Å²) in [4.78, 5) is 41.0. The number of nitrogens with zero attached hydrogens (tertiary/aromatic N) is 1. The minimum absolute atomic E-state index is 0.137. The van der Waals surface area contributed by atoms with Crippen LogP contribution in [0, 0.1) is 12.8 Å². The average molecular weight is 451 g/mol. The number of likely N-dealkylation sites (tertiary alicyclic amines) is 1. The van der Waals surface area contributed by atoms with Gasteiger partial charge in [-0.1, -0.05) is 41.6 Å². The molecule has 0 aliphatic carbocycles. The molecular weight excluding hydrogens is 424 g/mol. The molecule has 2 aromatic carbocycles. The molecule has 1 fully saturated rings. The van der Waals surface area contributed by atoms with E-state index >= 15 is 0 Å². The Labute approximate surface area is 192 Å². The van der Waals surface area contributed by atoms with Crippen molar-refractivity contribution in [2.24, 2.45) is 5.92 Å². The number of amides is 2. The summed E-state index contributed by atoms with van der Waals surface area (Å²) in [7, 11) is 0. The van der Waals surface area contributed by atoms with Crippen LogP contribution in [0.2, 0.25) is 0 Å². The number of ether oxygens (including phenoxy) is 1. The van der Waals surface area contributed by atoms with E-state index in [1.807, 2.05) is 43.3 Å². The highest BCUT2D eigenvalue weighted by Crippen LogP contribution is 2.39. The highest BCUT2D eigenvalue weighted by molar-refractivity contribution is 8.04. The molecule has 166 valence electrons. The lowest BCUT2D eigenvalue weighted by molar-refractivity contribution is -0.149. The van der Waals surface area contributed by atoms with Crippen LogP contribution < -0.4 is 5.32 Å². The molecular formula is C25H26N2O4S. The number of nitrogens with one attached hydrogen (secondary N) is 1. The Balaban J connectivity index is 1.49. The number of anilines is 1. The number of thioether (sulfide) groups is 1. The van der Waals surface area contributed by atoms with E-state index in [2.05, 4.69) is 5.32 Å². The molecule has 2 aliphatic rings. The second-order valence-electron chi connectivity index (χ2n) is 8.03. The van der Waals surface area contributed by atoms with E-state index in [1.54, 1.807) is 24.0 Å². The quantitative estimate of drug-likeness (QED) is 0.549. The first-order valence-electron chi connectivity index (χ1n) is 10.8. The molecule has 0 saturated carbocycles. The van der Waals surface area contributed by atoms with Crippen LogP contribution in [0.3, 0.4) is 0 Å². The van der Waals surface area contributed by atoms with Gasteiger partial charge in [-0.15, -0.1) is 0 Å². The van der Waals surface area contributed by atoms with Crippen LogP contribution in [0.25, 0.3) is 6.08 Å². The molecule has 0 spiro atoms. The third-order valence-corrected chi connectivity index (χ3v) is 6.72. The molecule has 0 aromatic heterocycles. The molecule has 1 atom stereocenters. The molecule has 32 heavy (non-hydrogen) atoms. The van der Waals surface area contributed by atoms with Gasteiger partial charge in [-0.2, -0.15) is 0 Å². The maximum Gasteiger partial charge on any atom is 0.310 e. The number of aryl methyl sites for hydroxylation is 1. The predicted octanol–water partition coefficient (Wildman–Crippen LogP) is 4.50. The summed E-state index contributed by atoms with van der Waals surface area (Å²) in [5.74, 6) is -0.850. The number of piperidine rings is 1. The van der Waals surface area contributed by atoms with Crippen LogP contribution in [0.1, 0.15) is 41.3 Å². The number of esters is 1. The lowest BCUT2D eigenvalue weighted by Crippen LogP contribution is -2.42. The van der Waals surface area contributed by atoms with E-state index in [1.165, 1.54) is 11.8 Å². The van der Waals surface area contributed by atoms with Gasteiger partial charge < -0.3 is 15.0 Å². The van der Waals surface area contributed by atoms with Gasteiger partial charge in [0.25, 0.3) is 11.8 Å². The predicted molar refractivity (Wildman–Crippen MR) is 125 cm³/mol. The number of benzene rings is 2. The fourth-order valence-corrected chi connectivity index (χ4v) is 4.84. The van der Waals surface area contributed by atoms with Gasteiger partial charge in [0.1, 0.15) is 0 Å². The summed E-state index contributed by atoms with van der Waals surface area (Å²) in [6, 6.07) is 13.4. The van der Waals surface area contributed by atoms with Crippen LogP contribution in [0.15, 0.2) is 52.3 Å². The number of hydrogen-bond acceptors (Lipinski definition) is 5. The molecule has 4 rings (SSSR count). The van der Waals surface area contributed by atoms with Crippen molar-refractivity contribution in [2.75, 3.05) is 25.0 Å². The third kappa shape index (κ3) is 4.88. The minimum Gasteiger partial charge on any atom is -0.466 e. The van der Waals surface area contributed by atoms with Crippen molar-refractivity contribution in [3.05, 3.63) is 64.1 Å². The first kappa shape index (κ1) is 22.1. The lowest BCUT2D eigenvalue weighted by atomic mass is 9.97.